The number of benzene rings is 1. The monoisotopic (exact) mass is 546 g/mol. The van der Waals surface area contributed by atoms with E-state index in [-0.39, 0.29) is 28.1 Å². The summed E-state index contributed by atoms with van der Waals surface area (Å²) < 4.78 is 34.5. The number of nitrogens with two attached hydrogens (primary N) is 1. The van der Waals surface area contributed by atoms with Crippen molar-refractivity contribution in [3.63, 3.8) is 0 Å². The van der Waals surface area contributed by atoms with Crippen LogP contribution in [0.25, 0.3) is 0 Å². The zero-order valence-electron chi connectivity index (χ0n) is 21.5. The fourth-order valence-electron chi connectivity index (χ4n) is 4.62. The van der Waals surface area contributed by atoms with E-state index >= 15 is 0 Å². The molecule has 9 heteroatoms. The minimum Gasteiger partial charge on any atom is -0.507 e. The third-order valence-electron chi connectivity index (χ3n) is 6.67. The molecule has 2 unspecified atom stereocenters. The summed E-state index contributed by atoms with van der Waals surface area (Å²) in [6.07, 6.45) is 3.95. The minimum atomic E-state index is -3.75. The number of allylic oxidation sites excluding steroid dienone is 3. The van der Waals surface area contributed by atoms with Crippen molar-refractivity contribution in [1.82, 2.24) is 4.31 Å². The van der Waals surface area contributed by atoms with Crippen LogP contribution >= 0.6 is 23.2 Å². The smallest absolute Gasteiger partial charge is 0.244 e. The van der Waals surface area contributed by atoms with Crippen LogP contribution in [-0.4, -0.2) is 43.6 Å². The lowest BCUT2D eigenvalue weighted by atomic mass is 9.83. The topological polar surface area (TPSA) is 92.9 Å². The highest BCUT2D eigenvalue weighted by molar-refractivity contribution is 7.93. The van der Waals surface area contributed by atoms with E-state index in [1.165, 1.54) is 10.4 Å². The fourth-order valence-corrected chi connectivity index (χ4v) is 6.82. The molecule has 198 valence electrons. The average molecular weight is 548 g/mol. The van der Waals surface area contributed by atoms with Crippen molar-refractivity contribution >= 4 is 33.2 Å². The third kappa shape index (κ3) is 6.82. The number of nitrogens with zero attached hydrogens (tertiary/aromatic N) is 1. The standard InChI is InChI=1S/C24H34Cl2N2O4S.C2H6/c1-4-17(25)12-23(20(26)5-2)33(30,31)28-10-8-16(9-11-28)21-13-19-18(22(14-27)32-21)7-6-15(3)24(19)29;1-2/h6-7,12,16,21-22,29H,4-5,8-11,13-14,27H2,1-3H3;1-2H3/b17-12+,23-20-;. The number of phenolic OH excluding ortho intramolecular Hbond substituents is 1. The molecule has 0 saturated carbocycles. The number of ether oxygens (including phenoxy) is 1. The molecule has 35 heavy (non-hydrogen) atoms. The first-order valence-electron chi connectivity index (χ1n) is 12.6. The molecule has 1 aromatic carbocycles. The Morgan fingerprint density at radius 2 is 1.83 bits per heavy atom. The highest BCUT2D eigenvalue weighted by atomic mass is 35.5. The van der Waals surface area contributed by atoms with Gasteiger partial charge in [0.25, 0.3) is 0 Å². The minimum absolute atomic E-state index is 0.0865. The second-order valence-corrected chi connectivity index (χ2v) is 11.6. The molecule has 2 aliphatic rings. The van der Waals surface area contributed by atoms with Gasteiger partial charge in [-0.1, -0.05) is 63.0 Å². The van der Waals surface area contributed by atoms with Gasteiger partial charge in [0.15, 0.2) is 0 Å². The second-order valence-electron chi connectivity index (χ2n) is 8.71. The van der Waals surface area contributed by atoms with Crippen molar-refractivity contribution in [2.45, 2.75) is 78.9 Å². The van der Waals surface area contributed by atoms with Crippen LogP contribution in [0.5, 0.6) is 5.75 Å². The molecule has 1 aromatic rings. The molecule has 1 saturated heterocycles. The molecule has 3 rings (SSSR count). The summed E-state index contributed by atoms with van der Waals surface area (Å²) in [6, 6.07) is 3.86. The van der Waals surface area contributed by atoms with E-state index in [0.717, 1.165) is 16.7 Å². The van der Waals surface area contributed by atoms with E-state index in [1.807, 2.05) is 46.8 Å². The molecular weight excluding hydrogens is 507 g/mol. The summed E-state index contributed by atoms with van der Waals surface area (Å²) in [7, 11) is -3.75. The maximum atomic E-state index is 13.4. The Hall–Kier alpha value is -1.09. The summed E-state index contributed by atoms with van der Waals surface area (Å²) in [5.74, 6) is 0.477. The van der Waals surface area contributed by atoms with Crippen molar-refractivity contribution in [3.8, 4) is 5.75 Å². The molecule has 0 spiro atoms. The Morgan fingerprint density at radius 3 is 2.37 bits per heavy atom. The van der Waals surface area contributed by atoms with Crippen LogP contribution in [0.4, 0.5) is 0 Å². The second kappa shape index (κ2) is 13.5. The van der Waals surface area contributed by atoms with Gasteiger partial charge in [-0.05, 0) is 55.7 Å². The summed E-state index contributed by atoms with van der Waals surface area (Å²) in [6.45, 7) is 10.6. The number of hydrogen-bond donors (Lipinski definition) is 2. The van der Waals surface area contributed by atoms with Crippen LogP contribution in [0.3, 0.4) is 0 Å². The lowest BCUT2D eigenvalue weighted by Crippen LogP contribution is -2.44. The van der Waals surface area contributed by atoms with E-state index in [2.05, 4.69) is 0 Å². The zero-order valence-corrected chi connectivity index (χ0v) is 23.8. The molecule has 0 bridgehead atoms. The quantitative estimate of drug-likeness (QED) is 0.402. The number of rotatable bonds is 7. The lowest BCUT2D eigenvalue weighted by Gasteiger charge is -2.40. The molecule has 0 radical (unpaired) electrons. The zero-order chi connectivity index (χ0) is 26.3. The summed E-state index contributed by atoms with van der Waals surface area (Å²) in [5, 5.41) is 11.4. The summed E-state index contributed by atoms with van der Waals surface area (Å²) in [5.41, 5.74) is 8.65. The highest BCUT2D eigenvalue weighted by Gasteiger charge is 2.38. The van der Waals surface area contributed by atoms with Crippen LogP contribution in [0.1, 0.15) is 76.2 Å². The van der Waals surface area contributed by atoms with Gasteiger partial charge < -0.3 is 15.6 Å². The van der Waals surface area contributed by atoms with Gasteiger partial charge in [0, 0.05) is 41.7 Å². The van der Waals surface area contributed by atoms with Gasteiger partial charge in [0.05, 0.1) is 17.1 Å². The number of phenols is 1. The predicted molar refractivity (Wildman–Crippen MR) is 145 cm³/mol. The third-order valence-corrected chi connectivity index (χ3v) is 9.60. The number of fused-ring (bicyclic) bond motifs is 1. The van der Waals surface area contributed by atoms with Crippen LogP contribution in [0.15, 0.2) is 33.2 Å². The maximum absolute atomic E-state index is 13.4. The molecule has 0 aliphatic carbocycles. The maximum Gasteiger partial charge on any atom is 0.244 e. The molecule has 3 N–H and O–H groups in total. The molecule has 2 heterocycles. The molecule has 1 fully saturated rings. The van der Waals surface area contributed by atoms with E-state index in [1.54, 1.807) is 0 Å². The van der Waals surface area contributed by atoms with E-state index in [4.69, 9.17) is 33.7 Å². The number of aryl methyl sites for hydroxylation is 1. The van der Waals surface area contributed by atoms with Crippen LogP contribution < -0.4 is 5.73 Å². The first kappa shape index (κ1) is 30.1. The summed E-state index contributed by atoms with van der Waals surface area (Å²) >= 11 is 12.5. The van der Waals surface area contributed by atoms with Gasteiger partial charge in [0.2, 0.25) is 10.0 Å². The Balaban J connectivity index is 0.00000210. The number of piperidine rings is 1. The average Bonchev–Trinajstić information content (AvgIpc) is 2.89. The van der Waals surface area contributed by atoms with Crippen molar-refractivity contribution in [2.75, 3.05) is 19.6 Å². The Morgan fingerprint density at radius 1 is 1.20 bits per heavy atom. The van der Waals surface area contributed by atoms with Crippen LogP contribution in [-0.2, 0) is 21.2 Å². The van der Waals surface area contributed by atoms with E-state index < -0.39 is 10.0 Å². The first-order valence-corrected chi connectivity index (χ1v) is 14.7. The normalized spacial score (nSPS) is 22.7. The van der Waals surface area contributed by atoms with Gasteiger partial charge in [0.1, 0.15) is 5.75 Å². The molecule has 2 aliphatic heterocycles. The first-order chi connectivity index (χ1) is 16.6. The van der Waals surface area contributed by atoms with E-state index in [0.29, 0.717) is 62.5 Å². The summed E-state index contributed by atoms with van der Waals surface area (Å²) in [4.78, 5) is 0.0865. The van der Waals surface area contributed by atoms with Gasteiger partial charge in [-0.15, -0.1) is 0 Å². The fraction of sp³-hybridized carbons (Fsp3) is 0.615. The van der Waals surface area contributed by atoms with Crippen LogP contribution in [0, 0.1) is 12.8 Å². The Bertz CT molecular complexity index is 1030. The van der Waals surface area contributed by atoms with Crippen molar-refractivity contribution in [1.29, 1.82) is 0 Å². The van der Waals surface area contributed by atoms with Gasteiger partial charge in [-0.2, -0.15) is 4.31 Å². The number of hydrogen-bond acceptors (Lipinski definition) is 5. The molecule has 0 aromatic heterocycles. The van der Waals surface area contributed by atoms with Crippen LogP contribution in [0.2, 0.25) is 0 Å². The van der Waals surface area contributed by atoms with Crippen molar-refractivity contribution in [3.05, 3.63) is 49.9 Å². The highest BCUT2D eigenvalue weighted by Crippen LogP contribution is 2.41. The molecule has 6 nitrogen and oxygen atoms in total. The Labute approximate surface area is 221 Å². The van der Waals surface area contributed by atoms with Gasteiger partial charge >= 0.3 is 0 Å². The number of aromatic hydroxyl groups is 1. The van der Waals surface area contributed by atoms with Gasteiger partial charge in [-0.25, -0.2) is 8.42 Å². The van der Waals surface area contributed by atoms with Crippen molar-refractivity contribution < 1.29 is 18.3 Å². The molecular formula is C26H40Cl2N2O4S. The molecule has 0 amide bonds. The van der Waals surface area contributed by atoms with E-state index in [9.17, 15) is 13.5 Å². The number of halogens is 2. The Kier molecular flexibility index (Phi) is 11.6. The lowest BCUT2D eigenvalue weighted by molar-refractivity contribution is -0.0611. The van der Waals surface area contributed by atoms with Gasteiger partial charge in [-0.3, -0.25) is 0 Å². The largest absolute Gasteiger partial charge is 0.507 e. The van der Waals surface area contributed by atoms with Crippen molar-refractivity contribution in [2.24, 2.45) is 11.7 Å². The predicted octanol–water partition coefficient (Wildman–Crippen LogP) is 6.10. The number of sulfonamides is 1. The molecule has 2 atom stereocenters. The SMILES string of the molecule is CC.CC/C(Cl)=C(\C=C(\Cl)CC)S(=O)(=O)N1CCC(C2Cc3c(ccc(C)c3O)C(CN)O2)CC1.